The van der Waals surface area contributed by atoms with E-state index in [1.165, 1.54) is 13.8 Å². The summed E-state index contributed by atoms with van der Waals surface area (Å²) in [6, 6.07) is -1.88. The van der Waals surface area contributed by atoms with Gasteiger partial charge in [-0.25, -0.2) is 4.79 Å². The predicted molar refractivity (Wildman–Crippen MR) is 81.9 cm³/mol. The van der Waals surface area contributed by atoms with Gasteiger partial charge in [0.2, 0.25) is 0 Å². The number of hydrogen-bond acceptors (Lipinski definition) is 4. The number of carbonyl (C=O) groups excluding carboxylic acids is 1. The van der Waals surface area contributed by atoms with Gasteiger partial charge in [0.25, 0.3) is 0 Å². The van der Waals surface area contributed by atoms with Crippen molar-refractivity contribution in [2.45, 2.75) is 58.5 Å². The van der Waals surface area contributed by atoms with Gasteiger partial charge >= 0.3 is 35.5 Å². The second kappa shape index (κ2) is 13.0. The van der Waals surface area contributed by atoms with Crippen LogP contribution in [0.1, 0.15) is 46.5 Å². The third-order valence-corrected chi connectivity index (χ3v) is 4.44. The molecule has 23 heavy (non-hydrogen) atoms. The van der Waals surface area contributed by atoms with Crippen LogP contribution in [0.2, 0.25) is 0 Å². The van der Waals surface area contributed by atoms with Crippen LogP contribution < -0.4 is 34.7 Å². The number of rotatable bonds is 12. The molecule has 3 unspecified atom stereocenters. The van der Waals surface area contributed by atoms with Crippen LogP contribution in [-0.2, 0) is 9.59 Å². The van der Waals surface area contributed by atoms with Gasteiger partial charge in [-0.15, -0.1) is 0 Å². The molecule has 0 aromatic carbocycles. The Morgan fingerprint density at radius 2 is 1.74 bits per heavy atom. The molecule has 7 heteroatoms. The third kappa shape index (κ3) is 7.81. The molecule has 0 fully saturated rings. The molecule has 0 amide bonds. The van der Waals surface area contributed by atoms with E-state index in [9.17, 15) is 24.9 Å². The van der Waals surface area contributed by atoms with Crippen molar-refractivity contribution in [3.05, 3.63) is 12.2 Å². The average Bonchev–Trinajstić information content (AvgIpc) is 2.47. The Hall–Kier alpha value is -0.400. The van der Waals surface area contributed by atoms with Crippen LogP contribution in [-0.4, -0.2) is 58.4 Å². The van der Waals surface area contributed by atoms with Crippen LogP contribution in [0.5, 0.6) is 0 Å². The van der Waals surface area contributed by atoms with Crippen LogP contribution in [0.3, 0.4) is 0 Å². The first kappa shape index (κ1) is 24.8. The molecule has 0 aliphatic rings. The Kier molecular flexibility index (Phi) is 14.0. The van der Waals surface area contributed by atoms with E-state index in [2.05, 4.69) is 6.08 Å². The largest absolute Gasteiger partial charge is 1.00 e. The van der Waals surface area contributed by atoms with Crippen molar-refractivity contribution in [2.75, 3.05) is 19.7 Å². The Balaban J connectivity index is 0. The second-order valence-corrected chi connectivity index (χ2v) is 5.70. The first-order valence-corrected chi connectivity index (χ1v) is 7.85. The molecule has 6 nitrogen and oxygen atoms in total. The van der Waals surface area contributed by atoms with Crippen molar-refractivity contribution in [3.63, 3.8) is 0 Å². The summed E-state index contributed by atoms with van der Waals surface area (Å²) in [5.41, 5.74) is 0. The molecule has 0 bridgehead atoms. The zero-order valence-corrected chi connectivity index (χ0v) is 16.8. The number of hydrogen-bond donors (Lipinski definition) is 2. The predicted octanol–water partition coefficient (Wildman–Crippen LogP) is -2.45. The van der Waals surface area contributed by atoms with Crippen molar-refractivity contribution < 1.29 is 58.9 Å². The van der Waals surface area contributed by atoms with Crippen molar-refractivity contribution in [2.24, 2.45) is 0 Å². The first-order valence-electron chi connectivity index (χ1n) is 7.85. The summed E-state index contributed by atoms with van der Waals surface area (Å²) in [6.45, 7) is 5.16. The molecule has 0 aliphatic carbocycles. The number of quaternary nitrogens is 1. The number of unbranched alkanes of at least 4 members (excludes halogenated alkanes) is 3. The Labute approximate surface area is 161 Å². The molecule has 0 aliphatic heterocycles. The zero-order valence-electron chi connectivity index (χ0n) is 14.8. The monoisotopic (exact) mass is 338 g/mol. The van der Waals surface area contributed by atoms with Gasteiger partial charge in [-0.3, -0.25) is 0 Å². The molecule has 2 N–H and O–H groups in total. The van der Waals surface area contributed by atoms with Gasteiger partial charge in [-0.05, 0) is 46.5 Å². The maximum absolute atomic E-state index is 11.4. The van der Waals surface area contributed by atoms with Gasteiger partial charge in [0.05, 0.1) is 19.1 Å². The molecule has 0 aromatic rings. The minimum atomic E-state index is -1.28. The van der Waals surface area contributed by atoms with Gasteiger partial charge in [0, 0.05) is 0 Å². The normalized spacial score (nSPS) is 16.3. The number of allylic oxidation sites excluding steroid dienone is 2. The summed E-state index contributed by atoms with van der Waals surface area (Å²) in [7, 11) is 0. The molecule has 128 valence electrons. The maximum atomic E-state index is 11.4. The molecule has 0 spiro atoms. The van der Waals surface area contributed by atoms with E-state index < -0.39 is 24.0 Å². The summed E-state index contributed by atoms with van der Waals surface area (Å²) < 4.78 is -0.183. The van der Waals surface area contributed by atoms with E-state index in [-0.39, 0.29) is 47.2 Å². The molecule has 0 heterocycles. The number of carboxylic acid groups (broad SMARTS) is 2. The number of carboxylic acids is 2. The maximum Gasteiger partial charge on any atom is 1.00 e. The molecule has 0 saturated heterocycles. The number of aliphatic hydroxyl groups is 1. The molecule has 3 atom stereocenters. The minimum absolute atomic E-state index is 0. The summed E-state index contributed by atoms with van der Waals surface area (Å²) in [5, 5.41) is 29.9. The Morgan fingerprint density at radius 3 is 2.17 bits per heavy atom. The third-order valence-electron chi connectivity index (χ3n) is 4.44. The quantitative estimate of drug-likeness (QED) is 0.178. The van der Waals surface area contributed by atoms with Gasteiger partial charge < -0.3 is 24.6 Å². The molecule has 0 aromatic heterocycles. The number of aliphatic carboxylic acids is 2. The van der Waals surface area contributed by atoms with E-state index >= 15 is 0 Å². The fraction of sp³-hybridized carbons (Fsp3) is 0.750. The minimum Gasteiger partial charge on any atom is -0.544 e. The van der Waals surface area contributed by atoms with Crippen LogP contribution >= 0.6 is 0 Å². The number of carbonyl (C=O) groups is 2. The summed E-state index contributed by atoms with van der Waals surface area (Å²) in [4.78, 5) is 22.7. The van der Waals surface area contributed by atoms with Gasteiger partial charge in [0.1, 0.15) is 12.6 Å². The van der Waals surface area contributed by atoms with Crippen molar-refractivity contribution in [1.82, 2.24) is 0 Å². The fourth-order valence-electron chi connectivity index (χ4n) is 2.85. The number of nitrogens with zero attached hydrogens (tertiary/aromatic N) is 1. The molecule has 0 rings (SSSR count). The van der Waals surface area contributed by atoms with Gasteiger partial charge in [0.15, 0.2) is 6.04 Å². The van der Waals surface area contributed by atoms with Gasteiger partial charge in [-0.2, -0.15) is 0 Å². The van der Waals surface area contributed by atoms with Crippen LogP contribution in [0.25, 0.3) is 0 Å². The Bertz CT molecular complexity index is 367. The summed E-state index contributed by atoms with van der Waals surface area (Å²) in [6.07, 6.45) is 7.59. The Morgan fingerprint density at radius 1 is 1.13 bits per heavy atom. The standard InChI is InChI=1S/C16H29NO5.Na/c1-4-5-6-7-8-9-10-17(11-12-18,13(2)15(19)20)14(3)16(21)22;/h4-5,13-14,18H,6-12H2,1-3H3,(H-,19,20,21,22);/q;+1/b5-4+;. The second-order valence-electron chi connectivity index (χ2n) is 5.70. The van der Waals surface area contributed by atoms with E-state index in [0.717, 1.165) is 19.3 Å². The van der Waals surface area contributed by atoms with E-state index in [0.29, 0.717) is 13.0 Å². The summed E-state index contributed by atoms with van der Waals surface area (Å²) >= 11 is 0. The first-order chi connectivity index (χ1) is 10.3. The molecular weight excluding hydrogens is 309 g/mol. The van der Waals surface area contributed by atoms with Crippen molar-refractivity contribution in [1.29, 1.82) is 0 Å². The smallest absolute Gasteiger partial charge is 0.544 e. The SMILES string of the molecule is C/C=C/CCCCC[N+](CCO)(C(C)C(=O)[O-])C(C)C(=O)O.[Na+]. The van der Waals surface area contributed by atoms with E-state index in [1.54, 1.807) is 0 Å². The topological polar surface area (TPSA) is 97.7 Å². The van der Waals surface area contributed by atoms with Crippen molar-refractivity contribution in [3.8, 4) is 0 Å². The molecule has 0 radical (unpaired) electrons. The van der Waals surface area contributed by atoms with Crippen LogP contribution in [0, 0.1) is 0 Å². The molecule has 0 saturated carbocycles. The fourth-order valence-corrected chi connectivity index (χ4v) is 2.85. The van der Waals surface area contributed by atoms with E-state index in [1.807, 2.05) is 13.0 Å². The van der Waals surface area contributed by atoms with Crippen LogP contribution in [0.15, 0.2) is 12.2 Å². The molecular formula is C16H29NNaO5+. The average molecular weight is 338 g/mol. The van der Waals surface area contributed by atoms with Crippen molar-refractivity contribution >= 4 is 11.9 Å². The summed E-state index contributed by atoms with van der Waals surface area (Å²) in [5.74, 6) is -2.34. The van der Waals surface area contributed by atoms with E-state index in [4.69, 9.17) is 0 Å². The van der Waals surface area contributed by atoms with Gasteiger partial charge in [-0.1, -0.05) is 12.2 Å². The zero-order chi connectivity index (χ0) is 17.2. The number of aliphatic hydroxyl groups excluding tert-OH is 1. The van der Waals surface area contributed by atoms with Crippen LogP contribution in [0.4, 0.5) is 0 Å².